The van der Waals surface area contributed by atoms with Gasteiger partial charge in [0.25, 0.3) is 0 Å². The SMILES string of the molecule is CN(C)Cc1cc(C(C)(C)C)c[nH]1. The number of aromatic nitrogens is 1. The molecular weight excluding hydrogens is 160 g/mol. The average Bonchev–Trinajstić information content (AvgIpc) is 2.32. The quantitative estimate of drug-likeness (QED) is 0.740. The number of nitrogens with zero attached hydrogens (tertiary/aromatic N) is 1. The van der Waals surface area contributed by atoms with E-state index in [4.69, 9.17) is 0 Å². The molecule has 0 aliphatic heterocycles. The van der Waals surface area contributed by atoms with E-state index in [0.717, 1.165) is 6.54 Å². The zero-order valence-electron chi connectivity index (χ0n) is 9.31. The summed E-state index contributed by atoms with van der Waals surface area (Å²) in [7, 11) is 4.16. The summed E-state index contributed by atoms with van der Waals surface area (Å²) in [4.78, 5) is 5.47. The fraction of sp³-hybridized carbons (Fsp3) is 0.636. The van der Waals surface area contributed by atoms with Crippen LogP contribution in [0.15, 0.2) is 12.3 Å². The summed E-state index contributed by atoms with van der Waals surface area (Å²) in [5.74, 6) is 0. The van der Waals surface area contributed by atoms with E-state index in [9.17, 15) is 0 Å². The average molecular weight is 180 g/mol. The monoisotopic (exact) mass is 180 g/mol. The summed E-state index contributed by atoms with van der Waals surface area (Å²) in [5, 5.41) is 0. The third-order valence-corrected chi connectivity index (χ3v) is 2.10. The molecule has 13 heavy (non-hydrogen) atoms. The Bertz CT molecular complexity index is 266. The zero-order chi connectivity index (χ0) is 10.1. The first-order valence-electron chi connectivity index (χ1n) is 4.72. The largest absolute Gasteiger partial charge is 0.364 e. The molecule has 0 atom stereocenters. The minimum atomic E-state index is 0.251. The number of rotatable bonds is 2. The fourth-order valence-electron chi connectivity index (χ4n) is 1.31. The molecule has 1 rings (SSSR count). The molecule has 0 aliphatic carbocycles. The standard InChI is InChI=1S/C11H20N2/c1-11(2,3)9-6-10(12-7-9)8-13(4)5/h6-7,12H,8H2,1-5H3. The molecule has 0 unspecified atom stereocenters. The maximum Gasteiger partial charge on any atom is 0.0379 e. The lowest BCUT2D eigenvalue weighted by Gasteiger charge is -2.15. The lowest BCUT2D eigenvalue weighted by atomic mass is 9.89. The maximum atomic E-state index is 3.30. The van der Waals surface area contributed by atoms with E-state index in [0.29, 0.717) is 0 Å². The van der Waals surface area contributed by atoms with Gasteiger partial charge >= 0.3 is 0 Å². The Morgan fingerprint density at radius 1 is 1.31 bits per heavy atom. The molecule has 2 nitrogen and oxygen atoms in total. The summed E-state index contributed by atoms with van der Waals surface area (Å²) in [6, 6.07) is 2.25. The number of aromatic amines is 1. The van der Waals surface area contributed by atoms with Crippen molar-refractivity contribution in [1.82, 2.24) is 9.88 Å². The number of H-pyrrole nitrogens is 1. The maximum absolute atomic E-state index is 3.30. The molecule has 0 radical (unpaired) electrons. The van der Waals surface area contributed by atoms with Crippen LogP contribution in [-0.2, 0) is 12.0 Å². The Balaban J connectivity index is 2.75. The highest BCUT2D eigenvalue weighted by Gasteiger charge is 2.14. The van der Waals surface area contributed by atoms with Crippen molar-refractivity contribution >= 4 is 0 Å². The van der Waals surface area contributed by atoms with Crippen LogP contribution < -0.4 is 0 Å². The van der Waals surface area contributed by atoms with Crippen molar-refractivity contribution in [3.05, 3.63) is 23.5 Å². The molecule has 0 spiro atoms. The summed E-state index contributed by atoms with van der Waals surface area (Å²) in [5.41, 5.74) is 2.92. The van der Waals surface area contributed by atoms with E-state index in [-0.39, 0.29) is 5.41 Å². The van der Waals surface area contributed by atoms with E-state index >= 15 is 0 Å². The molecule has 74 valence electrons. The molecule has 0 bridgehead atoms. The molecule has 1 aromatic rings. The summed E-state index contributed by atoms with van der Waals surface area (Å²) >= 11 is 0. The van der Waals surface area contributed by atoms with Crippen molar-refractivity contribution in [1.29, 1.82) is 0 Å². The Morgan fingerprint density at radius 3 is 2.31 bits per heavy atom. The van der Waals surface area contributed by atoms with Crippen LogP contribution in [0.5, 0.6) is 0 Å². The fourth-order valence-corrected chi connectivity index (χ4v) is 1.31. The van der Waals surface area contributed by atoms with E-state index in [2.05, 4.69) is 57.0 Å². The molecule has 0 amide bonds. The van der Waals surface area contributed by atoms with Crippen molar-refractivity contribution in [2.45, 2.75) is 32.7 Å². The predicted octanol–water partition coefficient (Wildman–Crippen LogP) is 2.37. The van der Waals surface area contributed by atoms with Crippen LogP contribution in [0.2, 0.25) is 0 Å². The Kier molecular flexibility index (Phi) is 2.81. The summed E-state index contributed by atoms with van der Waals surface area (Å²) in [6.07, 6.45) is 2.11. The summed E-state index contributed by atoms with van der Waals surface area (Å²) < 4.78 is 0. The van der Waals surface area contributed by atoms with Crippen LogP contribution in [0.25, 0.3) is 0 Å². The van der Waals surface area contributed by atoms with Crippen molar-refractivity contribution < 1.29 is 0 Å². The molecule has 2 heteroatoms. The minimum Gasteiger partial charge on any atom is -0.364 e. The van der Waals surface area contributed by atoms with Crippen LogP contribution in [0.1, 0.15) is 32.0 Å². The van der Waals surface area contributed by atoms with Gasteiger partial charge in [0.1, 0.15) is 0 Å². The first-order chi connectivity index (χ1) is 5.89. The third kappa shape index (κ3) is 2.88. The van der Waals surface area contributed by atoms with Crippen LogP contribution >= 0.6 is 0 Å². The number of hydrogen-bond acceptors (Lipinski definition) is 1. The second-order valence-corrected chi connectivity index (χ2v) is 4.90. The first-order valence-corrected chi connectivity index (χ1v) is 4.72. The smallest absolute Gasteiger partial charge is 0.0379 e. The molecule has 0 saturated carbocycles. The predicted molar refractivity (Wildman–Crippen MR) is 56.9 cm³/mol. The van der Waals surface area contributed by atoms with Crippen molar-refractivity contribution in [3.8, 4) is 0 Å². The Labute approximate surface area is 81.0 Å². The van der Waals surface area contributed by atoms with Gasteiger partial charge in [-0.2, -0.15) is 0 Å². The highest BCUT2D eigenvalue weighted by Crippen LogP contribution is 2.22. The molecule has 1 heterocycles. The van der Waals surface area contributed by atoms with Gasteiger partial charge in [-0.3, -0.25) is 0 Å². The van der Waals surface area contributed by atoms with E-state index < -0.39 is 0 Å². The zero-order valence-corrected chi connectivity index (χ0v) is 9.31. The normalized spacial score (nSPS) is 12.5. The Morgan fingerprint density at radius 2 is 1.92 bits per heavy atom. The van der Waals surface area contributed by atoms with Gasteiger partial charge in [-0.1, -0.05) is 20.8 Å². The summed E-state index contributed by atoms with van der Waals surface area (Å²) in [6.45, 7) is 7.68. The van der Waals surface area contributed by atoms with Crippen molar-refractivity contribution in [3.63, 3.8) is 0 Å². The van der Waals surface area contributed by atoms with Crippen molar-refractivity contribution in [2.24, 2.45) is 0 Å². The highest BCUT2D eigenvalue weighted by molar-refractivity contribution is 5.23. The van der Waals surface area contributed by atoms with Gasteiger partial charge in [0, 0.05) is 18.4 Å². The van der Waals surface area contributed by atoms with E-state index in [1.165, 1.54) is 11.3 Å². The minimum absolute atomic E-state index is 0.251. The second kappa shape index (κ2) is 3.54. The second-order valence-electron chi connectivity index (χ2n) is 4.90. The third-order valence-electron chi connectivity index (χ3n) is 2.10. The van der Waals surface area contributed by atoms with E-state index in [1.807, 2.05) is 0 Å². The first kappa shape index (κ1) is 10.3. The number of nitrogens with one attached hydrogen (secondary N) is 1. The molecule has 0 saturated heterocycles. The lowest BCUT2D eigenvalue weighted by molar-refractivity contribution is 0.397. The lowest BCUT2D eigenvalue weighted by Crippen LogP contribution is -2.11. The van der Waals surface area contributed by atoms with Crippen LogP contribution in [0.4, 0.5) is 0 Å². The van der Waals surface area contributed by atoms with Gasteiger partial charge in [0.15, 0.2) is 0 Å². The van der Waals surface area contributed by atoms with Gasteiger partial charge in [-0.25, -0.2) is 0 Å². The van der Waals surface area contributed by atoms with Gasteiger partial charge in [-0.15, -0.1) is 0 Å². The molecule has 0 aliphatic rings. The van der Waals surface area contributed by atoms with E-state index in [1.54, 1.807) is 0 Å². The van der Waals surface area contributed by atoms with Crippen LogP contribution in [0, 0.1) is 0 Å². The van der Waals surface area contributed by atoms with Crippen LogP contribution in [-0.4, -0.2) is 24.0 Å². The molecule has 1 aromatic heterocycles. The molecule has 0 fully saturated rings. The van der Waals surface area contributed by atoms with Gasteiger partial charge in [-0.05, 0) is 31.1 Å². The molecule has 0 aromatic carbocycles. The van der Waals surface area contributed by atoms with Gasteiger partial charge in [0.2, 0.25) is 0 Å². The topological polar surface area (TPSA) is 19.0 Å². The van der Waals surface area contributed by atoms with Gasteiger partial charge < -0.3 is 9.88 Å². The van der Waals surface area contributed by atoms with Crippen molar-refractivity contribution in [2.75, 3.05) is 14.1 Å². The van der Waals surface area contributed by atoms with Crippen LogP contribution in [0.3, 0.4) is 0 Å². The Hall–Kier alpha value is -0.760. The number of hydrogen-bond donors (Lipinski definition) is 1. The van der Waals surface area contributed by atoms with Gasteiger partial charge in [0.05, 0.1) is 0 Å². The highest BCUT2D eigenvalue weighted by atomic mass is 15.1. The molecular formula is C11H20N2. The molecule has 1 N–H and O–H groups in total.